The number of sulfonamides is 1. The summed E-state index contributed by atoms with van der Waals surface area (Å²) in [6.07, 6.45) is 1.18. The molecule has 212 valence electrons. The average molecular weight is 634 g/mol. The number of carbonyl (C=O) groups is 2. The van der Waals surface area contributed by atoms with Gasteiger partial charge in [-0.1, -0.05) is 64.6 Å². The van der Waals surface area contributed by atoms with Crippen LogP contribution in [0.1, 0.15) is 22.6 Å². The number of halogens is 3. The third-order valence-electron chi connectivity index (χ3n) is 5.63. The summed E-state index contributed by atoms with van der Waals surface area (Å²) in [7, 11) is -3.92. The highest BCUT2D eigenvalue weighted by atomic mass is 35.5. The van der Waals surface area contributed by atoms with Crippen LogP contribution >= 0.6 is 34.8 Å². The summed E-state index contributed by atoms with van der Waals surface area (Å²) in [6, 6.07) is 20.9. The van der Waals surface area contributed by atoms with Crippen LogP contribution in [0.25, 0.3) is 0 Å². The Hall–Kier alpha value is -3.67. The van der Waals surface area contributed by atoms with Gasteiger partial charge >= 0.3 is 11.8 Å². The van der Waals surface area contributed by atoms with Gasteiger partial charge < -0.3 is 9.73 Å². The summed E-state index contributed by atoms with van der Waals surface area (Å²) in [4.78, 5) is 24.3. The number of rotatable bonds is 9. The first-order chi connectivity index (χ1) is 19.5. The SMILES string of the molecule is Cc1ccc(CN(Cc2ccc(/C=N/NC(=O)C(=O)Nc3cc(Cl)cc(Cl)c3)o2)S(=O)(=O)c2ccc(Cl)cc2)cc1. The summed E-state index contributed by atoms with van der Waals surface area (Å²) in [5.74, 6) is -1.47. The molecule has 9 nitrogen and oxygen atoms in total. The largest absolute Gasteiger partial charge is 0.459 e. The number of nitrogens with one attached hydrogen (secondary N) is 2. The summed E-state index contributed by atoms with van der Waals surface area (Å²) >= 11 is 17.7. The van der Waals surface area contributed by atoms with E-state index in [0.717, 1.165) is 11.1 Å². The molecule has 4 rings (SSSR count). The van der Waals surface area contributed by atoms with Crippen molar-refractivity contribution < 1.29 is 22.4 Å². The predicted octanol–water partition coefficient (Wildman–Crippen LogP) is 6.03. The minimum absolute atomic E-state index is 0.0797. The van der Waals surface area contributed by atoms with Crippen molar-refractivity contribution in [3.8, 4) is 0 Å². The van der Waals surface area contributed by atoms with E-state index in [1.54, 1.807) is 12.1 Å². The molecule has 2 N–H and O–H groups in total. The number of aryl methyl sites for hydroxylation is 1. The summed E-state index contributed by atoms with van der Waals surface area (Å²) < 4.78 is 34.1. The van der Waals surface area contributed by atoms with E-state index in [2.05, 4.69) is 15.8 Å². The summed E-state index contributed by atoms with van der Waals surface area (Å²) in [6.45, 7) is 1.96. The van der Waals surface area contributed by atoms with Crippen molar-refractivity contribution in [2.24, 2.45) is 5.10 Å². The number of nitrogens with zero attached hydrogens (tertiary/aromatic N) is 2. The molecule has 0 saturated carbocycles. The molecule has 0 unspecified atom stereocenters. The van der Waals surface area contributed by atoms with Crippen LogP contribution < -0.4 is 10.7 Å². The molecule has 0 aliphatic rings. The van der Waals surface area contributed by atoms with Gasteiger partial charge in [0.05, 0.1) is 17.7 Å². The Morgan fingerprint density at radius 3 is 2.17 bits per heavy atom. The lowest BCUT2D eigenvalue weighted by Gasteiger charge is -2.21. The van der Waals surface area contributed by atoms with E-state index in [1.807, 2.05) is 31.2 Å². The zero-order valence-corrected chi connectivity index (χ0v) is 24.6. The third kappa shape index (κ3) is 8.42. The molecule has 13 heteroatoms. The molecule has 0 atom stereocenters. The van der Waals surface area contributed by atoms with Crippen molar-refractivity contribution in [3.05, 3.63) is 117 Å². The lowest BCUT2D eigenvalue weighted by atomic mass is 10.1. The minimum atomic E-state index is -3.92. The lowest BCUT2D eigenvalue weighted by molar-refractivity contribution is -0.136. The fourth-order valence-electron chi connectivity index (χ4n) is 3.62. The molecule has 0 saturated heterocycles. The maximum absolute atomic E-state index is 13.5. The molecule has 0 fully saturated rings. The second-order valence-corrected chi connectivity index (χ2v) is 12.1. The topological polar surface area (TPSA) is 121 Å². The molecule has 0 aliphatic heterocycles. The molecule has 2 amide bonds. The van der Waals surface area contributed by atoms with Crippen LogP contribution in [-0.4, -0.2) is 30.8 Å². The van der Waals surface area contributed by atoms with Gasteiger partial charge in [-0.25, -0.2) is 13.8 Å². The van der Waals surface area contributed by atoms with E-state index in [1.165, 1.54) is 53.0 Å². The van der Waals surface area contributed by atoms with Gasteiger partial charge in [-0.15, -0.1) is 0 Å². The molecule has 4 aromatic rings. The quantitative estimate of drug-likeness (QED) is 0.133. The van der Waals surface area contributed by atoms with Crippen LogP contribution in [0.2, 0.25) is 15.1 Å². The van der Waals surface area contributed by atoms with Crippen molar-refractivity contribution in [1.29, 1.82) is 0 Å². The molecular weight excluding hydrogens is 611 g/mol. The van der Waals surface area contributed by atoms with Gasteiger partial charge in [0.15, 0.2) is 0 Å². The zero-order chi connectivity index (χ0) is 29.6. The lowest BCUT2D eigenvalue weighted by Crippen LogP contribution is -2.32. The highest BCUT2D eigenvalue weighted by Crippen LogP contribution is 2.24. The van der Waals surface area contributed by atoms with Gasteiger partial charge in [0.25, 0.3) is 0 Å². The number of hydrogen-bond acceptors (Lipinski definition) is 6. The van der Waals surface area contributed by atoms with Crippen molar-refractivity contribution in [3.63, 3.8) is 0 Å². The maximum Gasteiger partial charge on any atom is 0.329 e. The molecule has 0 radical (unpaired) electrons. The van der Waals surface area contributed by atoms with Gasteiger partial charge in [-0.05, 0) is 67.1 Å². The van der Waals surface area contributed by atoms with Gasteiger partial charge in [-0.2, -0.15) is 9.41 Å². The van der Waals surface area contributed by atoms with E-state index in [4.69, 9.17) is 39.2 Å². The molecule has 3 aromatic carbocycles. The van der Waals surface area contributed by atoms with Crippen molar-refractivity contribution >= 4 is 68.5 Å². The molecular formula is C28H23Cl3N4O5S. The molecule has 0 aliphatic carbocycles. The van der Waals surface area contributed by atoms with Crippen LogP contribution in [0.5, 0.6) is 0 Å². The fraction of sp³-hybridized carbons (Fsp3) is 0.107. The Labute approximate surface area is 251 Å². The molecule has 0 spiro atoms. The van der Waals surface area contributed by atoms with Gasteiger partial charge in [0, 0.05) is 27.3 Å². The van der Waals surface area contributed by atoms with Crippen LogP contribution in [0.3, 0.4) is 0 Å². The van der Waals surface area contributed by atoms with Gasteiger partial charge in [0.2, 0.25) is 10.0 Å². The van der Waals surface area contributed by atoms with Crippen molar-refractivity contribution in [2.45, 2.75) is 24.9 Å². The van der Waals surface area contributed by atoms with Crippen LogP contribution in [0, 0.1) is 6.92 Å². The number of furan rings is 1. The van der Waals surface area contributed by atoms with Crippen LogP contribution in [0.4, 0.5) is 5.69 Å². The molecule has 1 aromatic heterocycles. The molecule has 41 heavy (non-hydrogen) atoms. The van der Waals surface area contributed by atoms with E-state index in [0.29, 0.717) is 20.8 Å². The first kappa shape index (κ1) is 30.3. The maximum atomic E-state index is 13.5. The number of anilines is 1. The number of hydrazone groups is 1. The zero-order valence-electron chi connectivity index (χ0n) is 21.5. The number of hydrogen-bond donors (Lipinski definition) is 2. The monoisotopic (exact) mass is 632 g/mol. The standard InChI is InChI=1S/C28H23Cl3N4O5S/c1-18-2-4-19(5-3-18)16-35(41(38,39)26-10-6-20(29)7-11-26)17-25-9-8-24(40-25)15-32-34-28(37)27(36)33-23-13-21(30)12-22(31)14-23/h2-15H,16-17H2,1H3,(H,33,36)(H,34,37)/b32-15+. The normalized spacial score (nSPS) is 11.6. The predicted molar refractivity (Wildman–Crippen MR) is 159 cm³/mol. The first-order valence-corrected chi connectivity index (χ1v) is 14.6. The molecule has 1 heterocycles. The van der Waals surface area contributed by atoms with Crippen LogP contribution in [0.15, 0.2) is 93.3 Å². The van der Waals surface area contributed by atoms with Crippen molar-refractivity contribution in [2.75, 3.05) is 5.32 Å². The van der Waals surface area contributed by atoms with E-state index in [-0.39, 0.29) is 29.4 Å². The number of benzene rings is 3. The second-order valence-electron chi connectivity index (χ2n) is 8.83. The Balaban J connectivity index is 1.44. The van der Waals surface area contributed by atoms with Crippen molar-refractivity contribution in [1.82, 2.24) is 9.73 Å². The Morgan fingerprint density at radius 2 is 1.51 bits per heavy atom. The second kappa shape index (κ2) is 13.3. The van der Waals surface area contributed by atoms with Gasteiger partial charge in [0.1, 0.15) is 11.5 Å². The van der Waals surface area contributed by atoms with E-state index < -0.39 is 21.8 Å². The highest BCUT2D eigenvalue weighted by Gasteiger charge is 2.26. The third-order valence-corrected chi connectivity index (χ3v) is 8.12. The average Bonchev–Trinajstić information content (AvgIpc) is 3.36. The minimum Gasteiger partial charge on any atom is -0.459 e. The smallest absolute Gasteiger partial charge is 0.329 e. The summed E-state index contributed by atoms with van der Waals surface area (Å²) in [5.41, 5.74) is 4.18. The fourth-order valence-corrected chi connectivity index (χ4v) is 5.67. The van der Waals surface area contributed by atoms with Crippen LogP contribution in [-0.2, 0) is 32.7 Å². The Kier molecular flexibility index (Phi) is 9.85. The first-order valence-electron chi connectivity index (χ1n) is 12.0. The number of amides is 2. The Morgan fingerprint density at radius 1 is 0.854 bits per heavy atom. The highest BCUT2D eigenvalue weighted by molar-refractivity contribution is 7.89. The number of carbonyl (C=O) groups excluding carboxylic acids is 2. The van der Waals surface area contributed by atoms with Gasteiger partial charge in [-0.3, -0.25) is 9.59 Å². The Bertz CT molecular complexity index is 1670. The van der Waals surface area contributed by atoms with E-state index >= 15 is 0 Å². The molecule has 0 bridgehead atoms. The van der Waals surface area contributed by atoms with E-state index in [9.17, 15) is 18.0 Å². The summed E-state index contributed by atoms with van der Waals surface area (Å²) in [5, 5.41) is 7.10.